The van der Waals surface area contributed by atoms with Gasteiger partial charge >= 0.3 is 5.69 Å². The van der Waals surface area contributed by atoms with Crippen LogP contribution in [0.3, 0.4) is 0 Å². The molecule has 2 saturated heterocycles. The molecule has 49 heavy (non-hydrogen) atoms. The number of rotatable bonds is 13. The first-order valence-electron chi connectivity index (χ1n) is 17.4. The van der Waals surface area contributed by atoms with Gasteiger partial charge in [0.25, 0.3) is 0 Å². The van der Waals surface area contributed by atoms with Crippen molar-refractivity contribution in [2.75, 3.05) is 31.5 Å². The molecule has 11 nitrogen and oxygen atoms in total. The number of aromatic amines is 1. The van der Waals surface area contributed by atoms with Crippen LogP contribution >= 0.6 is 0 Å². The number of aliphatic hydroxyl groups is 1. The van der Waals surface area contributed by atoms with Crippen molar-refractivity contribution in [3.05, 3.63) is 100.0 Å². The molecule has 6 rings (SSSR count). The van der Waals surface area contributed by atoms with Crippen LogP contribution in [-0.4, -0.2) is 63.7 Å². The fourth-order valence-electron chi connectivity index (χ4n) is 6.96. The third-order valence-electron chi connectivity index (χ3n) is 9.52. The molecule has 0 radical (unpaired) electrons. The van der Waals surface area contributed by atoms with Crippen molar-refractivity contribution >= 4 is 28.5 Å². The minimum absolute atomic E-state index is 0.0175. The van der Waals surface area contributed by atoms with Crippen LogP contribution in [0.25, 0.3) is 11.0 Å². The molecule has 0 aliphatic carbocycles. The number of benzene rings is 3. The second kappa shape index (κ2) is 16.4. The van der Waals surface area contributed by atoms with Crippen molar-refractivity contribution in [1.29, 1.82) is 0 Å². The number of para-hydroxylation sites is 2. The van der Waals surface area contributed by atoms with Crippen LogP contribution in [0.1, 0.15) is 87.0 Å². The smallest absolute Gasteiger partial charge is 0.326 e. The summed E-state index contributed by atoms with van der Waals surface area (Å²) in [5, 5.41) is 15.4. The summed E-state index contributed by atoms with van der Waals surface area (Å²) < 4.78 is 15.1. The number of piperidine rings is 1. The predicted octanol–water partition coefficient (Wildman–Crippen LogP) is 5.34. The van der Waals surface area contributed by atoms with Gasteiger partial charge in [0.1, 0.15) is 0 Å². The van der Waals surface area contributed by atoms with Gasteiger partial charge in [-0.15, -0.1) is 0 Å². The molecule has 11 heteroatoms. The molecule has 2 aliphatic rings. The summed E-state index contributed by atoms with van der Waals surface area (Å²) in [6.07, 6.45) is 4.32. The van der Waals surface area contributed by atoms with E-state index in [4.69, 9.17) is 9.47 Å². The lowest BCUT2D eigenvalue weighted by Gasteiger charge is -2.40. The van der Waals surface area contributed by atoms with Crippen molar-refractivity contribution in [3.8, 4) is 0 Å². The number of nitrogens with zero attached hydrogens (tertiary/aromatic N) is 2. The number of hydrogen-bond acceptors (Lipinski definition) is 7. The Bertz CT molecular complexity index is 1760. The molecular formula is C38H47N5O6. The molecule has 3 aromatic carbocycles. The minimum atomic E-state index is -0.630. The average molecular weight is 670 g/mol. The fraction of sp³-hybridized carbons (Fsp3) is 0.447. The van der Waals surface area contributed by atoms with Crippen LogP contribution in [0.4, 0.5) is 5.69 Å². The highest BCUT2D eigenvalue weighted by Gasteiger charge is 2.34. The van der Waals surface area contributed by atoms with Crippen molar-refractivity contribution in [2.24, 2.45) is 0 Å². The molecule has 1 aromatic heterocycles. The zero-order valence-corrected chi connectivity index (χ0v) is 28.1. The third-order valence-corrected chi connectivity index (χ3v) is 9.52. The maximum absolute atomic E-state index is 12.8. The normalized spacial score (nSPS) is 20.3. The summed E-state index contributed by atoms with van der Waals surface area (Å²) in [6.45, 7) is 4.55. The highest BCUT2D eigenvalue weighted by atomic mass is 16.7. The second-order valence-electron chi connectivity index (χ2n) is 13.2. The van der Waals surface area contributed by atoms with Crippen LogP contribution in [0.2, 0.25) is 0 Å². The number of H-pyrrole nitrogens is 1. The molecule has 3 heterocycles. The van der Waals surface area contributed by atoms with E-state index in [1.807, 2.05) is 77.4 Å². The number of fused-ring (bicyclic) bond motifs is 1. The molecule has 0 spiro atoms. The Labute approximate surface area is 286 Å². The van der Waals surface area contributed by atoms with E-state index in [-0.39, 0.29) is 42.4 Å². The van der Waals surface area contributed by atoms with Gasteiger partial charge in [0.2, 0.25) is 11.8 Å². The predicted molar refractivity (Wildman–Crippen MR) is 188 cm³/mol. The highest BCUT2D eigenvalue weighted by Crippen LogP contribution is 2.39. The van der Waals surface area contributed by atoms with Crippen LogP contribution in [0.5, 0.6) is 0 Å². The maximum atomic E-state index is 12.8. The molecule has 2 amide bonds. The number of anilines is 1. The monoisotopic (exact) mass is 669 g/mol. The minimum Gasteiger partial charge on any atom is -0.392 e. The van der Waals surface area contributed by atoms with E-state index >= 15 is 0 Å². The van der Waals surface area contributed by atoms with Gasteiger partial charge in [-0.25, -0.2) is 4.79 Å². The van der Waals surface area contributed by atoms with E-state index in [0.29, 0.717) is 25.1 Å². The van der Waals surface area contributed by atoms with E-state index in [2.05, 4.69) is 20.5 Å². The summed E-state index contributed by atoms with van der Waals surface area (Å²) in [5.41, 5.74) is 5.15. The zero-order valence-electron chi connectivity index (χ0n) is 28.1. The Balaban J connectivity index is 1.10. The SMILES string of the molecule is CC(=O)NCCCCCC(=O)Nc1cccc([C@@H]2O[C@H](CN3CCC(n4c(=O)[nH]c5ccccc54)CC3)C[C@H](c3ccc(CO)cc3)O2)c1. The average Bonchev–Trinajstić information content (AvgIpc) is 3.45. The van der Waals surface area contributed by atoms with Gasteiger partial charge < -0.3 is 35.1 Å². The van der Waals surface area contributed by atoms with Crippen LogP contribution in [0, 0.1) is 0 Å². The number of ether oxygens (including phenoxy) is 2. The molecule has 0 unspecified atom stereocenters. The number of aromatic nitrogens is 2. The van der Waals surface area contributed by atoms with E-state index in [1.54, 1.807) is 0 Å². The Morgan fingerprint density at radius 3 is 2.51 bits per heavy atom. The first-order valence-corrected chi connectivity index (χ1v) is 17.4. The summed E-state index contributed by atoms with van der Waals surface area (Å²) in [5.74, 6) is -0.0954. The largest absolute Gasteiger partial charge is 0.392 e. The molecule has 4 N–H and O–H groups in total. The number of aliphatic hydroxyl groups excluding tert-OH is 1. The lowest BCUT2D eigenvalue weighted by Crippen LogP contribution is -2.43. The number of unbranched alkanes of at least 4 members (excludes halogenated alkanes) is 2. The van der Waals surface area contributed by atoms with Gasteiger partial charge in [0, 0.05) is 63.2 Å². The van der Waals surface area contributed by atoms with E-state index in [0.717, 1.165) is 79.5 Å². The topological polar surface area (TPSA) is 138 Å². The molecule has 4 aromatic rings. The second-order valence-corrected chi connectivity index (χ2v) is 13.2. The van der Waals surface area contributed by atoms with E-state index in [1.165, 1.54) is 6.92 Å². The number of imidazole rings is 1. The van der Waals surface area contributed by atoms with Crippen LogP contribution < -0.4 is 16.3 Å². The molecule has 260 valence electrons. The summed E-state index contributed by atoms with van der Waals surface area (Å²) >= 11 is 0. The Morgan fingerprint density at radius 1 is 0.939 bits per heavy atom. The Kier molecular flexibility index (Phi) is 11.6. The highest BCUT2D eigenvalue weighted by molar-refractivity contribution is 5.90. The molecule has 2 fully saturated rings. The number of amides is 2. The van der Waals surface area contributed by atoms with E-state index in [9.17, 15) is 19.5 Å². The first kappa shape index (κ1) is 34.6. The molecule has 0 bridgehead atoms. The van der Waals surface area contributed by atoms with Crippen molar-refractivity contribution in [1.82, 2.24) is 19.8 Å². The quantitative estimate of drug-likeness (QED) is 0.141. The van der Waals surface area contributed by atoms with Crippen molar-refractivity contribution < 1.29 is 24.2 Å². The summed E-state index contributed by atoms with van der Waals surface area (Å²) in [6, 6.07) is 23.5. The van der Waals surface area contributed by atoms with Gasteiger partial charge in [-0.3, -0.25) is 14.2 Å². The lowest BCUT2D eigenvalue weighted by molar-refractivity contribution is -0.253. The number of hydrogen-bond donors (Lipinski definition) is 4. The van der Waals surface area contributed by atoms with Gasteiger partial charge in [-0.05, 0) is 61.1 Å². The first-order chi connectivity index (χ1) is 23.9. The lowest BCUT2D eigenvalue weighted by atomic mass is 9.98. The fourth-order valence-corrected chi connectivity index (χ4v) is 6.96. The standard InChI is InChI=1S/C38H47N5O6/c1-26(45)39-19-6-2-3-12-36(46)40-30-9-7-8-29(22-30)37-48-32(23-35(49-37)28-15-13-27(25-44)14-16-28)24-42-20-17-31(18-21-42)43-34-11-5-4-10-33(34)41-38(43)47/h4-5,7-11,13-16,22,31-32,35,37,44H,2-3,6,12,17-21,23-25H2,1H3,(H,39,45)(H,40,46)(H,41,47)/t32-,35+,37+/m0/s1. The van der Waals surface area contributed by atoms with Crippen LogP contribution in [0.15, 0.2) is 77.6 Å². The number of likely N-dealkylation sites (tertiary alicyclic amines) is 1. The maximum Gasteiger partial charge on any atom is 0.326 e. The third kappa shape index (κ3) is 9.04. The van der Waals surface area contributed by atoms with E-state index < -0.39 is 6.29 Å². The zero-order chi connectivity index (χ0) is 34.2. The Morgan fingerprint density at radius 2 is 1.73 bits per heavy atom. The summed E-state index contributed by atoms with van der Waals surface area (Å²) in [4.78, 5) is 42.0. The summed E-state index contributed by atoms with van der Waals surface area (Å²) in [7, 11) is 0. The van der Waals surface area contributed by atoms with Crippen molar-refractivity contribution in [3.63, 3.8) is 0 Å². The Hall–Kier alpha value is -4.29. The van der Waals surface area contributed by atoms with Crippen molar-refractivity contribution in [2.45, 2.75) is 83.0 Å². The van der Waals surface area contributed by atoms with Crippen LogP contribution in [-0.2, 0) is 25.7 Å². The molecular weight excluding hydrogens is 622 g/mol. The van der Waals surface area contributed by atoms with Gasteiger partial charge in [-0.2, -0.15) is 0 Å². The van der Waals surface area contributed by atoms with Gasteiger partial charge in [-0.1, -0.05) is 55.0 Å². The molecule has 0 saturated carbocycles. The molecule has 2 aliphatic heterocycles. The number of nitrogens with one attached hydrogen (secondary N) is 3. The molecule has 3 atom stereocenters. The van der Waals surface area contributed by atoms with Gasteiger partial charge in [0.15, 0.2) is 6.29 Å². The number of carbonyl (C=O) groups excluding carboxylic acids is 2. The van der Waals surface area contributed by atoms with Gasteiger partial charge in [0.05, 0.1) is 29.8 Å². The number of carbonyl (C=O) groups is 2.